The van der Waals surface area contributed by atoms with E-state index in [1.807, 2.05) is 18.1 Å². The predicted octanol–water partition coefficient (Wildman–Crippen LogP) is 3.21. The molecule has 4 rings (SSSR count). The van der Waals surface area contributed by atoms with Gasteiger partial charge in [0.1, 0.15) is 5.69 Å². The van der Waals surface area contributed by atoms with E-state index >= 15 is 0 Å². The maximum Gasteiger partial charge on any atom is 0.270 e. The predicted molar refractivity (Wildman–Crippen MR) is 94.5 cm³/mol. The van der Waals surface area contributed by atoms with Gasteiger partial charge in [-0.15, -0.1) is 0 Å². The van der Waals surface area contributed by atoms with Gasteiger partial charge in [-0.1, -0.05) is 29.6 Å². The molecule has 0 bridgehead atoms. The van der Waals surface area contributed by atoms with E-state index in [0.717, 1.165) is 31.2 Å². The standard InChI is InChI=1S/C17H19ClN6O2/c1-23-10-11(8-20-23)16-21-15(22-26-16)14-5-3-2-4-6-24(14)17(25)13-7-12(18)9-19-13/h7-10,14,19H,2-6H2,1H3. The molecule has 8 nitrogen and oxygen atoms in total. The Hall–Kier alpha value is -2.61. The van der Waals surface area contributed by atoms with Crippen LogP contribution >= 0.6 is 11.6 Å². The van der Waals surface area contributed by atoms with Crippen molar-refractivity contribution in [1.29, 1.82) is 0 Å². The fourth-order valence-electron chi connectivity index (χ4n) is 3.29. The van der Waals surface area contributed by atoms with Gasteiger partial charge in [0.15, 0.2) is 5.82 Å². The smallest absolute Gasteiger partial charge is 0.270 e. The summed E-state index contributed by atoms with van der Waals surface area (Å²) in [5.41, 5.74) is 1.23. The second-order valence-corrected chi connectivity index (χ2v) is 6.89. The highest BCUT2D eigenvalue weighted by molar-refractivity contribution is 6.30. The van der Waals surface area contributed by atoms with Crippen LogP contribution in [-0.4, -0.2) is 42.3 Å². The highest BCUT2D eigenvalue weighted by Gasteiger charge is 2.31. The topological polar surface area (TPSA) is 92.8 Å². The number of aromatic amines is 1. The molecule has 0 aromatic carbocycles. The number of H-pyrrole nitrogens is 1. The molecule has 1 unspecified atom stereocenters. The SMILES string of the molecule is Cn1cc(-c2nc(C3CCCCCN3C(=O)c3cc(Cl)c[nH]3)no2)cn1. The van der Waals surface area contributed by atoms with Gasteiger partial charge in [0.05, 0.1) is 22.8 Å². The van der Waals surface area contributed by atoms with E-state index in [-0.39, 0.29) is 11.9 Å². The molecule has 0 saturated carbocycles. The number of amides is 1. The zero-order chi connectivity index (χ0) is 18.1. The van der Waals surface area contributed by atoms with Crippen LogP contribution in [0.5, 0.6) is 0 Å². The molecule has 3 aromatic heterocycles. The van der Waals surface area contributed by atoms with Gasteiger partial charge < -0.3 is 14.4 Å². The molecule has 1 saturated heterocycles. The van der Waals surface area contributed by atoms with Crippen molar-refractivity contribution < 1.29 is 9.32 Å². The van der Waals surface area contributed by atoms with E-state index in [1.165, 1.54) is 0 Å². The summed E-state index contributed by atoms with van der Waals surface area (Å²) in [7, 11) is 1.83. The second kappa shape index (κ2) is 6.95. The number of hydrogen-bond acceptors (Lipinski definition) is 5. The molecule has 1 N–H and O–H groups in total. The zero-order valence-corrected chi connectivity index (χ0v) is 15.1. The number of carbonyl (C=O) groups excluding carboxylic acids is 1. The van der Waals surface area contributed by atoms with Gasteiger partial charge in [-0.05, 0) is 18.9 Å². The van der Waals surface area contributed by atoms with E-state index in [0.29, 0.717) is 29.0 Å². The molecule has 3 aromatic rings. The van der Waals surface area contributed by atoms with Crippen LogP contribution in [0.15, 0.2) is 29.2 Å². The van der Waals surface area contributed by atoms with Gasteiger partial charge in [-0.2, -0.15) is 10.1 Å². The highest BCUT2D eigenvalue weighted by Crippen LogP contribution is 2.31. The fourth-order valence-corrected chi connectivity index (χ4v) is 3.45. The number of aromatic nitrogens is 5. The lowest BCUT2D eigenvalue weighted by molar-refractivity contribution is 0.0665. The first kappa shape index (κ1) is 16.8. The molecule has 0 aliphatic carbocycles. The van der Waals surface area contributed by atoms with Gasteiger partial charge >= 0.3 is 0 Å². The Morgan fingerprint density at radius 3 is 3.00 bits per heavy atom. The summed E-state index contributed by atoms with van der Waals surface area (Å²) in [6.45, 7) is 0.650. The van der Waals surface area contributed by atoms with Crippen LogP contribution in [-0.2, 0) is 7.05 Å². The third-order valence-electron chi connectivity index (χ3n) is 4.58. The molecule has 1 fully saturated rings. The van der Waals surface area contributed by atoms with Crippen molar-refractivity contribution in [3.63, 3.8) is 0 Å². The minimum atomic E-state index is -0.221. The molecule has 1 aliphatic heterocycles. The van der Waals surface area contributed by atoms with Crippen LogP contribution in [0.3, 0.4) is 0 Å². The number of likely N-dealkylation sites (tertiary alicyclic amines) is 1. The van der Waals surface area contributed by atoms with Crippen LogP contribution in [0.2, 0.25) is 5.02 Å². The first-order valence-electron chi connectivity index (χ1n) is 8.59. The third-order valence-corrected chi connectivity index (χ3v) is 4.80. The third kappa shape index (κ3) is 3.24. The molecule has 26 heavy (non-hydrogen) atoms. The first-order valence-corrected chi connectivity index (χ1v) is 8.97. The monoisotopic (exact) mass is 374 g/mol. The van der Waals surface area contributed by atoms with E-state index in [2.05, 4.69) is 20.2 Å². The van der Waals surface area contributed by atoms with Crippen molar-refractivity contribution in [3.8, 4) is 11.5 Å². The van der Waals surface area contributed by atoms with Gasteiger partial charge in [0, 0.05) is 26.0 Å². The average molecular weight is 375 g/mol. The minimum absolute atomic E-state index is 0.100. The summed E-state index contributed by atoms with van der Waals surface area (Å²) in [5, 5.41) is 8.78. The molecule has 0 radical (unpaired) electrons. The largest absolute Gasteiger partial charge is 0.356 e. The summed E-state index contributed by atoms with van der Waals surface area (Å²) < 4.78 is 7.09. The summed E-state index contributed by atoms with van der Waals surface area (Å²) in [5.74, 6) is 0.834. The highest BCUT2D eigenvalue weighted by atomic mass is 35.5. The Bertz CT molecular complexity index is 914. The Morgan fingerprint density at radius 1 is 1.38 bits per heavy atom. The lowest BCUT2D eigenvalue weighted by Crippen LogP contribution is -2.35. The molecule has 1 aliphatic rings. The fraction of sp³-hybridized carbons (Fsp3) is 0.412. The molecule has 4 heterocycles. The molecule has 136 valence electrons. The Kier molecular flexibility index (Phi) is 4.50. The normalized spacial score (nSPS) is 18.1. The summed E-state index contributed by atoms with van der Waals surface area (Å²) in [6.07, 6.45) is 8.92. The molecule has 0 spiro atoms. The second-order valence-electron chi connectivity index (χ2n) is 6.46. The number of nitrogens with zero attached hydrogens (tertiary/aromatic N) is 5. The Morgan fingerprint density at radius 2 is 2.27 bits per heavy atom. The Labute approximate surface area is 155 Å². The lowest BCUT2D eigenvalue weighted by atomic mass is 10.1. The lowest BCUT2D eigenvalue weighted by Gasteiger charge is -2.27. The van der Waals surface area contributed by atoms with E-state index < -0.39 is 0 Å². The number of nitrogens with one attached hydrogen (secondary N) is 1. The summed E-state index contributed by atoms with van der Waals surface area (Å²) in [6, 6.07) is 1.42. The van der Waals surface area contributed by atoms with Crippen molar-refractivity contribution in [2.24, 2.45) is 7.05 Å². The van der Waals surface area contributed by atoms with Crippen molar-refractivity contribution >= 4 is 17.5 Å². The quantitative estimate of drug-likeness (QED) is 0.759. The molecular formula is C17H19ClN6O2. The number of aryl methyl sites for hydroxylation is 1. The van der Waals surface area contributed by atoms with Crippen LogP contribution in [0.25, 0.3) is 11.5 Å². The van der Waals surface area contributed by atoms with Crippen molar-refractivity contribution in [1.82, 2.24) is 29.8 Å². The Balaban J connectivity index is 1.63. The maximum absolute atomic E-state index is 13.0. The molecule has 1 amide bonds. The van der Waals surface area contributed by atoms with Crippen molar-refractivity contribution in [3.05, 3.63) is 41.2 Å². The van der Waals surface area contributed by atoms with Gasteiger partial charge in [-0.3, -0.25) is 9.48 Å². The zero-order valence-electron chi connectivity index (χ0n) is 14.4. The number of hydrogen-bond donors (Lipinski definition) is 1. The number of carbonyl (C=O) groups is 1. The van der Waals surface area contributed by atoms with Crippen LogP contribution < -0.4 is 0 Å². The minimum Gasteiger partial charge on any atom is -0.356 e. The number of halogens is 1. The summed E-state index contributed by atoms with van der Waals surface area (Å²) in [4.78, 5) is 22.2. The van der Waals surface area contributed by atoms with E-state index in [4.69, 9.17) is 16.1 Å². The van der Waals surface area contributed by atoms with Gasteiger partial charge in [0.2, 0.25) is 0 Å². The number of rotatable bonds is 3. The van der Waals surface area contributed by atoms with E-state index in [9.17, 15) is 4.79 Å². The average Bonchev–Trinajstić information content (AvgIpc) is 3.33. The van der Waals surface area contributed by atoms with Crippen LogP contribution in [0.1, 0.15) is 48.0 Å². The molecular weight excluding hydrogens is 356 g/mol. The molecule has 9 heteroatoms. The van der Waals surface area contributed by atoms with Crippen LogP contribution in [0, 0.1) is 0 Å². The molecule has 1 atom stereocenters. The summed E-state index contributed by atoms with van der Waals surface area (Å²) >= 11 is 5.95. The van der Waals surface area contributed by atoms with Crippen LogP contribution in [0.4, 0.5) is 0 Å². The van der Waals surface area contributed by atoms with Crippen molar-refractivity contribution in [2.45, 2.75) is 31.7 Å². The first-order chi connectivity index (χ1) is 12.6. The van der Waals surface area contributed by atoms with Crippen molar-refractivity contribution in [2.75, 3.05) is 6.54 Å². The van der Waals surface area contributed by atoms with Gasteiger partial charge in [0.25, 0.3) is 11.8 Å². The maximum atomic E-state index is 13.0. The van der Waals surface area contributed by atoms with Gasteiger partial charge in [-0.25, -0.2) is 0 Å². The van der Waals surface area contributed by atoms with E-state index in [1.54, 1.807) is 23.1 Å².